The van der Waals surface area contributed by atoms with E-state index in [1.54, 1.807) is 35.2 Å². The first-order valence-electron chi connectivity index (χ1n) is 9.11. The third-order valence-corrected chi connectivity index (χ3v) is 4.54. The lowest BCUT2D eigenvalue weighted by molar-refractivity contribution is -0.113. The van der Waals surface area contributed by atoms with Gasteiger partial charge >= 0.3 is 5.97 Å². The van der Waals surface area contributed by atoms with E-state index in [1.807, 2.05) is 60.7 Å². The lowest BCUT2D eigenvalue weighted by atomic mass is 10.1. The molecule has 0 radical (unpaired) electrons. The quantitative estimate of drug-likeness (QED) is 0.499. The summed E-state index contributed by atoms with van der Waals surface area (Å²) >= 11 is 0. The number of benzene rings is 3. The fourth-order valence-electron chi connectivity index (χ4n) is 3.11. The van der Waals surface area contributed by atoms with Gasteiger partial charge in [-0.2, -0.15) is 0 Å². The number of aliphatic imine (C=N–C) groups is 1. The number of amides is 1. The molecule has 142 valence electrons. The summed E-state index contributed by atoms with van der Waals surface area (Å²) in [6, 6.07) is 25.9. The van der Waals surface area contributed by atoms with Crippen LogP contribution in [0.15, 0.2) is 95.6 Å². The van der Waals surface area contributed by atoms with E-state index >= 15 is 0 Å². The standard InChI is InChI=1S/C24H18N2O3/c1-29-24(28)19-14-12-17(13-15-19)16-21-23(27)26(20-10-6-3-7-11-20)22(25-21)18-8-4-2-5-9-18/h2-16H,1H3/b21-16+. The molecule has 1 heterocycles. The van der Waals surface area contributed by atoms with Crippen molar-refractivity contribution in [1.29, 1.82) is 0 Å². The summed E-state index contributed by atoms with van der Waals surface area (Å²) in [4.78, 5) is 31.0. The van der Waals surface area contributed by atoms with E-state index in [2.05, 4.69) is 4.99 Å². The molecule has 0 fully saturated rings. The van der Waals surface area contributed by atoms with E-state index in [9.17, 15) is 9.59 Å². The molecule has 1 amide bonds. The van der Waals surface area contributed by atoms with Gasteiger partial charge < -0.3 is 4.74 Å². The Morgan fingerprint density at radius 1 is 0.897 bits per heavy atom. The highest BCUT2D eigenvalue weighted by Gasteiger charge is 2.32. The number of rotatable bonds is 4. The maximum absolute atomic E-state index is 13.2. The maximum Gasteiger partial charge on any atom is 0.337 e. The Hall–Kier alpha value is -3.99. The molecule has 0 N–H and O–H groups in total. The van der Waals surface area contributed by atoms with Crippen LogP contribution in [0, 0.1) is 0 Å². The van der Waals surface area contributed by atoms with E-state index < -0.39 is 5.97 Å². The van der Waals surface area contributed by atoms with Crippen molar-refractivity contribution in [3.8, 4) is 0 Å². The topological polar surface area (TPSA) is 59.0 Å². The van der Waals surface area contributed by atoms with E-state index in [0.29, 0.717) is 17.1 Å². The van der Waals surface area contributed by atoms with Gasteiger partial charge in [0.1, 0.15) is 11.5 Å². The first kappa shape index (κ1) is 18.4. The van der Waals surface area contributed by atoms with Crippen molar-refractivity contribution in [2.75, 3.05) is 12.0 Å². The maximum atomic E-state index is 13.2. The number of nitrogens with zero attached hydrogens (tertiary/aromatic N) is 2. The Morgan fingerprint density at radius 3 is 2.14 bits per heavy atom. The van der Waals surface area contributed by atoms with E-state index in [1.165, 1.54) is 7.11 Å². The molecule has 3 aromatic carbocycles. The van der Waals surface area contributed by atoms with Crippen LogP contribution in [0.25, 0.3) is 6.08 Å². The van der Waals surface area contributed by atoms with Crippen LogP contribution in [-0.2, 0) is 9.53 Å². The van der Waals surface area contributed by atoms with Crippen molar-refractivity contribution in [3.05, 3.63) is 107 Å². The lowest BCUT2D eigenvalue weighted by Crippen LogP contribution is -2.32. The highest BCUT2D eigenvalue weighted by atomic mass is 16.5. The second-order valence-corrected chi connectivity index (χ2v) is 6.42. The summed E-state index contributed by atoms with van der Waals surface area (Å²) in [5, 5.41) is 0. The number of para-hydroxylation sites is 1. The van der Waals surface area contributed by atoms with Crippen LogP contribution in [0.4, 0.5) is 5.69 Å². The number of anilines is 1. The van der Waals surface area contributed by atoms with Gasteiger partial charge in [0.15, 0.2) is 0 Å². The molecule has 0 spiro atoms. The van der Waals surface area contributed by atoms with Crippen LogP contribution in [0.1, 0.15) is 21.5 Å². The molecule has 0 unspecified atom stereocenters. The molecule has 0 atom stereocenters. The molecule has 0 aliphatic carbocycles. The van der Waals surface area contributed by atoms with Crippen molar-refractivity contribution in [3.63, 3.8) is 0 Å². The van der Waals surface area contributed by atoms with Crippen LogP contribution >= 0.6 is 0 Å². The number of ether oxygens (including phenoxy) is 1. The summed E-state index contributed by atoms with van der Waals surface area (Å²) in [5.41, 5.74) is 3.16. The van der Waals surface area contributed by atoms with Crippen molar-refractivity contribution < 1.29 is 14.3 Å². The summed E-state index contributed by atoms with van der Waals surface area (Å²) in [5.74, 6) is -0.0212. The number of carbonyl (C=O) groups excluding carboxylic acids is 2. The fourth-order valence-corrected chi connectivity index (χ4v) is 3.11. The average molecular weight is 382 g/mol. The van der Waals surface area contributed by atoms with E-state index in [0.717, 1.165) is 16.8 Å². The zero-order chi connectivity index (χ0) is 20.2. The van der Waals surface area contributed by atoms with Gasteiger partial charge in [0.2, 0.25) is 0 Å². The minimum atomic E-state index is -0.402. The summed E-state index contributed by atoms with van der Waals surface area (Å²) < 4.78 is 4.72. The molecule has 3 aromatic rings. The number of hydrogen-bond acceptors (Lipinski definition) is 4. The van der Waals surface area contributed by atoms with Gasteiger partial charge in [-0.3, -0.25) is 9.69 Å². The minimum Gasteiger partial charge on any atom is -0.465 e. The van der Waals surface area contributed by atoms with Gasteiger partial charge in [-0.15, -0.1) is 0 Å². The molecule has 0 saturated carbocycles. The Kier molecular flexibility index (Phi) is 5.03. The number of esters is 1. The number of hydrogen-bond donors (Lipinski definition) is 0. The zero-order valence-electron chi connectivity index (χ0n) is 15.8. The second-order valence-electron chi connectivity index (χ2n) is 6.42. The van der Waals surface area contributed by atoms with E-state index in [4.69, 9.17) is 4.74 Å². The normalized spacial score (nSPS) is 14.8. The highest BCUT2D eigenvalue weighted by molar-refractivity contribution is 6.33. The van der Waals surface area contributed by atoms with Crippen molar-refractivity contribution in [2.24, 2.45) is 4.99 Å². The molecule has 1 aliphatic heterocycles. The number of methoxy groups -OCH3 is 1. The smallest absolute Gasteiger partial charge is 0.337 e. The highest BCUT2D eigenvalue weighted by Crippen LogP contribution is 2.27. The summed E-state index contributed by atoms with van der Waals surface area (Å²) in [7, 11) is 1.34. The molecule has 5 nitrogen and oxygen atoms in total. The van der Waals surface area contributed by atoms with Crippen molar-refractivity contribution in [1.82, 2.24) is 0 Å². The molecule has 0 bridgehead atoms. The van der Waals surface area contributed by atoms with Gasteiger partial charge in [-0.05, 0) is 35.9 Å². The average Bonchev–Trinajstić information content (AvgIpc) is 3.11. The molecule has 0 saturated heterocycles. The zero-order valence-corrected chi connectivity index (χ0v) is 15.8. The first-order valence-corrected chi connectivity index (χ1v) is 9.11. The van der Waals surface area contributed by atoms with E-state index in [-0.39, 0.29) is 5.91 Å². The molecule has 5 heteroatoms. The Balaban J connectivity index is 1.74. The molecule has 1 aliphatic rings. The minimum absolute atomic E-state index is 0.202. The van der Waals surface area contributed by atoms with Crippen molar-refractivity contribution in [2.45, 2.75) is 0 Å². The Labute approximate surface area is 168 Å². The lowest BCUT2D eigenvalue weighted by Gasteiger charge is -2.18. The van der Waals surface area contributed by atoms with Crippen molar-refractivity contribution >= 4 is 29.5 Å². The van der Waals surface area contributed by atoms with Gasteiger partial charge in [-0.1, -0.05) is 60.7 Å². The fraction of sp³-hybridized carbons (Fsp3) is 0.0417. The summed E-state index contributed by atoms with van der Waals surface area (Å²) in [6.45, 7) is 0. The monoisotopic (exact) mass is 382 g/mol. The van der Waals surface area contributed by atoms with Gasteiger partial charge in [0, 0.05) is 5.56 Å². The van der Waals surface area contributed by atoms with Crippen LogP contribution < -0.4 is 4.90 Å². The molecule has 4 rings (SSSR count). The number of carbonyl (C=O) groups is 2. The Bertz CT molecular complexity index is 1100. The summed E-state index contributed by atoms with van der Waals surface area (Å²) in [6.07, 6.45) is 1.72. The SMILES string of the molecule is COC(=O)c1ccc(/C=C2/N=C(c3ccccc3)N(c3ccccc3)C2=O)cc1. The van der Waals surface area contributed by atoms with Crippen LogP contribution in [0.3, 0.4) is 0 Å². The van der Waals surface area contributed by atoms with Gasteiger partial charge in [-0.25, -0.2) is 9.79 Å². The van der Waals surface area contributed by atoms with Crippen LogP contribution in [0.5, 0.6) is 0 Å². The predicted molar refractivity (Wildman–Crippen MR) is 113 cm³/mol. The molecule has 29 heavy (non-hydrogen) atoms. The molecule has 0 aromatic heterocycles. The van der Waals surface area contributed by atoms with Gasteiger partial charge in [0.05, 0.1) is 18.4 Å². The molecular formula is C24H18N2O3. The van der Waals surface area contributed by atoms with Crippen LogP contribution in [0.2, 0.25) is 0 Å². The molecular weight excluding hydrogens is 364 g/mol. The van der Waals surface area contributed by atoms with Crippen LogP contribution in [-0.4, -0.2) is 24.8 Å². The third kappa shape index (κ3) is 3.71. The third-order valence-electron chi connectivity index (χ3n) is 4.54. The predicted octanol–water partition coefficient (Wildman–Crippen LogP) is 4.31. The number of amidine groups is 1. The van der Waals surface area contributed by atoms with Gasteiger partial charge in [0.25, 0.3) is 5.91 Å². The first-order chi connectivity index (χ1) is 14.2. The Morgan fingerprint density at radius 2 is 1.52 bits per heavy atom. The second kappa shape index (κ2) is 7.94. The largest absolute Gasteiger partial charge is 0.465 e.